The SMILES string of the molecule is C#CCOc1ccc(/C=C2/SC(=Nc3ccc(C(=O)OC)cc3)N(C)C2=O)cc1. The molecule has 0 unspecified atom stereocenters. The molecule has 0 aliphatic carbocycles. The molecule has 0 bridgehead atoms. The third-order valence-electron chi connectivity index (χ3n) is 4.02. The highest BCUT2D eigenvalue weighted by Crippen LogP contribution is 2.33. The first-order valence-corrected chi connectivity index (χ1v) is 9.44. The predicted molar refractivity (Wildman–Crippen MR) is 114 cm³/mol. The second kappa shape index (κ2) is 9.13. The zero-order valence-electron chi connectivity index (χ0n) is 15.9. The standard InChI is InChI=1S/C22H18N2O4S/c1-4-13-28-18-11-5-15(6-12-18)14-19-20(25)24(2)22(29-19)23-17-9-7-16(8-10-17)21(26)27-3/h1,5-12,14H,13H2,2-3H3/b19-14+,23-22?. The summed E-state index contributed by atoms with van der Waals surface area (Å²) in [5.41, 5.74) is 1.94. The molecule has 1 fully saturated rings. The lowest BCUT2D eigenvalue weighted by molar-refractivity contribution is -0.121. The maximum Gasteiger partial charge on any atom is 0.337 e. The monoisotopic (exact) mass is 406 g/mol. The highest BCUT2D eigenvalue weighted by atomic mass is 32.2. The minimum absolute atomic E-state index is 0.132. The third-order valence-corrected chi connectivity index (χ3v) is 5.08. The summed E-state index contributed by atoms with van der Waals surface area (Å²) < 4.78 is 10.0. The molecule has 29 heavy (non-hydrogen) atoms. The number of ether oxygens (including phenoxy) is 2. The highest BCUT2D eigenvalue weighted by molar-refractivity contribution is 8.18. The van der Waals surface area contributed by atoms with Gasteiger partial charge in [0, 0.05) is 7.05 Å². The summed E-state index contributed by atoms with van der Waals surface area (Å²) in [4.78, 5) is 30.6. The number of carbonyl (C=O) groups is 2. The fourth-order valence-corrected chi connectivity index (χ4v) is 3.48. The van der Waals surface area contributed by atoms with E-state index < -0.39 is 5.97 Å². The van der Waals surface area contributed by atoms with Gasteiger partial charge in [-0.3, -0.25) is 9.69 Å². The van der Waals surface area contributed by atoms with Crippen LogP contribution in [0, 0.1) is 12.3 Å². The Morgan fingerprint density at radius 3 is 2.52 bits per heavy atom. The number of likely N-dealkylation sites (N-methyl/N-ethyl adjacent to an activating group) is 1. The summed E-state index contributed by atoms with van der Waals surface area (Å²) in [6, 6.07) is 14.0. The average molecular weight is 406 g/mol. The summed E-state index contributed by atoms with van der Waals surface area (Å²) in [5.74, 6) is 2.54. The van der Waals surface area contributed by atoms with E-state index in [9.17, 15) is 9.59 Å². The van der Waals surface area contributed by atoms with Gasteiger partial charge in [0.1, 0.15) is 12.4 Å². The summed E-state index contributed by atoms with van der Waals surface area (Å²) >= 11 is 1.29. The van der Waals surface area contributed by atoms with E-state index in [0.29, 0.717) is 27.1 Å². The Bertz CT molecular complexity index is 1020. The van der Waals surface area contributed by atoms with Gasteiger partial charge in [-0.25, -0.2) is 9.79 Å². The molecule has 7 heteroatoms. The molecule has 1 aliphatic rings. The molecule has 0 radical (unpaired) electrons. The number of aliphatic imine (C=N–C) groups is 1. The molecule has 1 aliphatic heterocycles. The van der Waals surface area contributed by atoms with E-state index in [1.165, 1.54) is 23.8 Å². The van der Waals surface area contributed by atoms with E-state index in [0.717, 1.165) is 5.56 Å². The van der Waals surface area contributed by atoms with Crippen molar-refractivity contribution in [1.82, 2.24) is 4.90 Å². The Balaban J connectivity index is 1.76. The number of rotatable bonds is 5. The van der Waals surface area contributed by atoms with Crippen molar-refractivity contribution < 1.29 is 19.1 Å². The van der Waals surface area contributed by atoms with Crippen molar-refractivity contribution in [2.24, 2.45) is 4.99 Å². The first kappa shape index (κ1) is 20.2. The topological polar surface area (TPSA) is 68.2 Å². The lowest BCUT2D eigenvalue weighted by Crippen LogP contribution is -2.23. The van der Waals surface area contributed by atoms with Gasteiger partial charge in [-0.1, -0.05) is 18.1 Å². The molecular weight excluding hydrogens is 388 g/mol. The van der Waals surface area contributed by atoms with Crippen molar-refractivity contribution in [1.29, 1.82) is 0 Å². The van der Waals surface area contributed by atoms with E-state index in [4.69, 9.17) is 11.2 Å². The van der Waals surface area contributed by atoms with E-state index in [1.54, 1.807) is 49.5 Å². The van der Waals surface area contributed by atoms with Crippen LogP contribution in [0.1, 0.15) is 15.9 Å². The van der Waals surface area contributed by atoms with Crippen molar-refractivity contribution in [3.63, 3.8) is 0 Å². The number of hydrogen-bond acceptors (Lipinski definition) is 6. The second-order valence-electron chi connectivity index (χ2n) is 5.97. The molecule has 0 N–H and O–H groups in total. The summed E-state index contributed by atoms with van der Waals surface area (Å²) in [6.07, 6.45) is 6.98. The van der Waals surface area contributed by atoms with Crippen LogP contribution in [0.25, 0.3) is 6.08 Å². The van der Waals surface area contributed by atoms with Gasteiger partial charge in [0.2, 0.25) is 0 Å². The fraction of sp³-hybridized carbons (Fsp3) is 0.136. The van der Waals surface area contributed by atoms with Gasteiger partial charge in [0.15, 0.2) is 5.17 Å². The molecule has 0 atom stereocenters. The maximum absolute atomic E-state index is 12.5. The highest BCUT2D eigenvalue weighted by Gasteiger charge is 2.30. The van der Waals surface area contributed by atoms with Crippen molar-refractivity contribution >= 4 is 40.6 Å². The molecule has 6 nitrogen and oxygen atoms in total. The van der Waals surface area contributed by atoms with Crippen LogP contribution < -0.4 is 4.74 Å². The Kier molecular flexibility index (Phi) is 6.37. The smallest absolute Gasteiger partial charge is 0.337 e. The summed E-state index contributed by atoms with van der Waals surface area (Å²) in [7, 11) is 3.01. The van der Waals surface area contributed by atoms with Gasteiger partial charge in [-0.05, 0) is 59.8 Å². The lowest BCUT2D eigenvalue weighted by Gasteiger charge is -2.07. The van der Waals surface area contributed by atoms with Crippen molar-refractivity contribution in [3.8, 4) is 18.1 Å². The Morgan fingerprint density at radius 2 is 1.90 bits per heavy atom. The molecule has 1 amide bonds. The van der Waals surface area contributed by atoms with Crippen molar-refractivity contribution in [2.45, 2.75) is 0 Å². The van der Waals surface area contributed by atoms with Crippen LogP contribution in [-0.4, -0.2) is 42.7 Å². The first-order chi connectivity index (χ1) is 14.0. The quantitative estimate of drug-likeness (QED) is 0.430. The largest absolute Gasteiger partial charge is 0.481 e. The Hall–Kier alpha value is -3.50. The number of amidine groups is 1. The molecule has 3 rings (SSSR count). The van der Waals surface area contributed by atoms with Crippen LogP contribution in [0.5, 0.6) is 5.75 Å². The zero-order valence-corrected chi connectivity index (χ0v) is 16.7. The molecule has 2 aromatic carbocycles. The van der Waals surface area contributed by atoms with Gasteiger partial charge in [-0.2, -0.15) is 0 Å². The number of thioether (sulfide) groups is 1. The number of benzene rings is 2. The van der Waals surface area contributed by atoms with Crippen LogP contribution in [-0.2, 0) is 9.53 Å². The maximum atomic E-state index is 12.5. The normalized spacial score (nSPS) is 16.2. The number of amides is 1. The van der Waals surface area contributed by atoms with E-state index in [1.807, 2.05) is 12.1 Å². The van der Waals surface area contributed by atoms with Gasteiger partial charge in [0.25, 0.3) is 5.91 Å². The Morgan fingerprint density at radius 1 is 1.21 bits per heavy atom. The number of methoxy groups -OCH3 is 1. The molecule has 1 heterocycles. The van der Waals surface area contributed by atoms with Gasteiger partial charge in [-0.15, -0.1) is 6.42 Å². The number of nitrogens with zero attached hydrogens (tertiary/aromatic N) is 2. The molecule has 0 saturated carbocycles. The lowest BCUT2D eigenvalue weighted by atomic mass is 10.2. The van der Waals surface area contributed by atoms with Gasteiger partial charge < -0.3 is 9.47 Å². The van der Waals surface area contributed by atoms with Crippen LogP contribution in [0.15, 0.2) is 58.4 Å². The minimum Gasteiger partial charge on any atom is -0.481 e. The molecular formula is C22H18N2O4S. The number of esters is 1. The predicted octanol–water partition coefficient (Wildman–Crippen LogP) is 3.72. The molecule has 0 spiro atoms. The molecule has 1 saturated heterocycles. The third kappa shape index (κ3) is 4.86. The van der Waals surface area contributed by atoms with E-state index >= 15 is 0 Å². The van der Waals surface area contributed by atoms with Gasteiger partial charge in [0.05, 0.1) is 23.3 Å². The zero-order chi connectivity index (χ0) is 20.8. The Labute approximate surface area is 173 Å². The molecule has 146 valence electrons. The van der Waals surface area contributed by atoms with Crippen LogP contribution in [0.2, 0.25) is 0 Å². The van der Waals surface area contributed by atoms with Crippen LogP contribution in [0.3, 0.4) is 0 Å². The summed E-state index contributed by atoms with van der Waals surface area (Å²) in [6.45, 7) is 0.208. The molecule has 0 aromatic heterocycles. The minimum atomic E-state index is -0.410. The first-order valence-electron chi connectivity index (χ1n) is 8.63. The number of terminal acetylenes is 1. The average Bonchev–Trinajstić information content (AvgIpc) is 3.01. The summed E-state index contributed by atoms with van der Waals surface area (Å²) in [5, 5.41) is 0.557. The molecule has 2 aromatic rings. The second-order valence-corrected chi connectivity index (χ2v) is 6.98. The van der Waals surface area contributed by atoms with E-state index in [2.05, 4.69) is 15.6 Å². The van der Waals surface area contributed by atoms with Crippen molar-refractivity contribution in [3.05, 3.63) is 64.6 Å². The van der Waals surface area contributed by atoms with Gasteiger partial charge >= 0.3 is 5.97 Å². The number of hydrogen-bond donors (Lipinski definition) is 0. The number of carbonyl (C=O) groups excluding carboxylic acids is 2. The van der Waals surface area contributed by atoms with Crippen molar-refractivity contribution in [2.75, 3.05) is 20.8 Å². The fourth-order valence-electron chi connectivity index (χ4n) is 2.49. The van der Waals surface area contributed by atoms with E-state index in [-0.39, 0.29) is 12.5 Å². The van der Waals surface area contributed by atoms with Crippen LogP contribution in [0.4, 0.5) is 5.69 Å². The van der Waals surface area contributed by atoms with Crippen LogP contribution >= 0.6 is 11.8 Å².